The molecular weight excluding hydrogens is 200 g/mol. The van der Waals surface area contributed by atoms with Crippen LogP contribution in [0.4, 0.5) is 0 Å². The van der Waals surface area contributed by atoms with Crippen LogP contribution in [0, 0.1) is 0 Å². The first-order valence-corrected chi connectivity index (χ1v) is 6.48. The zero-order valence-electron chi connectivity index (χ0n) is 11.3. The zero-order chi connectivity index (χ0) is 12.7. The van der Waals surface area contributed by atoms with E-state index in [4.69, 9.17) is 0 Å². The van der Waals surface area contributed by atoms with Crippen LogP contribution in [-0.4, -0.2) is 21.4 Å². The van der Waals surface area contributed by atoms with Crippen LogP contribution in [0.1, 0.15) is 66.2 Å². The van der Waals surface area contributed by atoms with Gasteiger partial charge in [0, 0.05) is 0 Å². The molecule has 0 aliphatic carbocycles. The fourth-order valence-corrected chi connectivity index (χ4v) is 1.60. The Balaban J connectivity index is 4.21. The Bertz CT molecular complexity index is 183. The molecule has 16 heavy (non-hydrogen) atoms. The third kappa shape index (κ3) is 7.89. The lowest BCUT2D eigenvalue weighted by atomic mass is 9.93. The van der Waals surface area contributed by atoms with Crippen LogP contribution in [0.5, 0.6) is 0 Å². The Morgan fingerprint density at radius 3 is 1.38 bits per heavy atom. The minimum Gasteiger partial charge on any atom is -0.386 e. The van der Waals surface area contributed by atoms with Gasteiger partial charge >= 0.3 is 0 Å². The Morgan fingerprint density at radius 2 is 1.12 bits per heavy atom. The highest BCUT2D eigenvalue weighted by Crippen LogP contribution is 2.20. The predicted octanol–water partition coefficient (Wildman–Crippen LogP) is 3.43. The van der Waals surface area contributed by atoms with Crippen molar-refractivity contribution < 1.29 is 10.2 Å². The van der Waals surface area contributed by atoms with Gasteiger partial charge in [0.15, 0.2) is 0 Å². The van der Waals surface area contributed by atoms with E-state index in [-0.39, 0.29) is 0 Å². The van der Waals surface area contributed by atoms with Gasteiger partial charge in [-0.05, 0) is 26.7 Å². The van der Waals surface area contributed by atoms with Crippen LogP contribution in [0.25, 0.3) is 0 Å². The Hall–Kier alpha value is -0.340. The normalized spacial score (nSPS) is 19.6. The predicted molar refractivity (Wildman–Crippen MR) is 69.4 cm³/mol. The number of hydrogen-bond acceptors (Lipinski definition) is 2. The summed E-state index contributed by atoms with van der Waals surface area (Å²) in [4.78, 5) is 0. The number of unbranched alkanes of at least 4 members (excludes halogenated alkanes) is 2. The van der Waals surface area contributed by atoms with Gasteiger partial charge in [-0.1, -0.05) is 51.7 Å². The van der Waals surface area contributed by atoms with E-state index in [9.17, 15) is 10.2 Å². The van der Waals surface area contributed by atoms with Crippen molar-refractivity contribution in [3.05, 3.63) is 12.2 Å². The van der Waals surface area contributed by atoms with E-state index in [0.717, 1.165) is 38.5 Å². The van der Waals surface area contributed by atoms with Crippen LogP contribution in [-0.2, 0) is 0 Å². The summed E-state index contributed by atoms with van der Waals surface area (Å²) in [6.07, 6.45) is 9.18. The molecule has 2 N–H and O–H groups in total. The van der Waals surface area contributed by atoms with E-state index in [1.807, 2.05) is 0 Å². The maximum absolute atomic E-state index is 10.0. The minimum atomic E-state index is -0.786. The van der Waals surface area contributed by atoms with Gasteiger partial charge in [-0.25, -0.2) is 0 Å². The largest absolute Gasteiger partial charge is 0.386 e. The van der Waals surface area contributed by atoms with Crippen LogP contribution < -0.4 is 0 Å². The summed E-state index contributed by atoms with van der Waals surface area (Å²) in [5.41, 5.74) is -1.57. The summed E-state index contributed by atoms with van der Waals surface area (Å²) >= 11 is 0. The smallest absolute Gasteiger partial charge is 0.0800 e. The van der Waals surface area contributed by atoms with Crippen LogP contribution in [0.15, 0.2) is 12.2 Å². The third-order valence-corrected chi connectivity index (χ3v) is 2.87. The first kappa shape index (κ1) is 15.7. The second-order valence-corrected chi connectivity index (χ2v) is 5.25. The van der Waals surface area contributed by atoms with Crippen molar-refractivity contribution >= 4 is 0 Å². The summed E-state index contributed by atoms with van der Waals surface area (Å²) < 4.78 is 0. The van der Waals surface area contributed by atoms with Gasteiger partial charge < -0.3 is 10.2 Å². The highest BCUT2D eigenvalue weighted by molar-refractivity contribution is 5.06. The maximum atomic E-state index is 10.0. The Labute approximate surface area is 100 Å². The molecule has 0 rings (SSSR count). The van der Waals surface area contributed by atoms with Crippen LogP contribution in [0.3, 0.4) is 0 Å². The molecule has 96 valence electrons. The second-order valence-electron chi connectivity index (χ2n) is 5.25. The van der Waals surface area contributed by atoms with Gasteiger partial charge in [0.1, 0.15) is 0 Å². The zero-order valence-corrected chi connectivity index (χ0v) is 11.3. The second kappa shape index (κ2) is 7.08. The molecule has 0 aromatic heterocycles. The summed E-state index contributed by atoms with van der Waals surface area (Å²) in [5.74, 6) is 0. The van der Waals surface area contributed by atoms with Gasteiger partial charge in [-0.3, -0.25) is 0 Å². The van der Waals surface area contributed by atoms with Crippen molar-refractivity contribution in [2.24, 2.45) is 0 Å². The fourth-order valence-electron chi connectivity index (χ4n) is 1.60. The first-order chi connectivity index (χ1) is 7.33. The van der Waals surface area contributed by atoms with Crippen molar-refractivity contribution in [3.8, 4) is 0 Å². The molecule has 2 heteroatoms. The van der Waals surface area contributed by atoms with E-state index < -0.39 is 11.2 Å². The van der Waals surface area contributed by atoms with Crippen molar-refractivity contribution in [3.63, 3.8) is 0 Å². The average Bonchev–Trinajstić information content (AvgIpc) is 2.22. The topological polar surface area (TPSA) is 40.5 Å². The molecule has 2 atom stereocenters. The summed E-state index contributed by atoms with van der Waals surface area (Å²) in [6.45, 7) is 7.82. The summed E-state index contributed by atoms with van der Waals surface area (Å²) in [6, 6.07) is 0. The molecule has 0 aliphatic rings. The molecule has 0 radical (unpaired) electrons. The molecule has 2 unspecified atom stereocenters. The quantitative estimate of drug-likeness (QED) is 0.625. The van der Waals surface area contributed by atoms with Crippen LogP contribution >= 0.6 is 0 Å². The molecular formula is C14H28O2. The molecule has 0 amide bonds. The van der Waals surface area contributed by atoms with E-state index in [1.165, 1.54) is 0 Å². The molecule has 0 aliphatic heterocycles. The molecule has 0 saturated carbocycles. The maximum Gasteiger partial charge on any atom is 0.0800 e. The third-order valence-electron chi connectivity index (χ3n) is 2.87. The number of hydrogen-bond donors (Lipinski definition) is 2. The average molecular weight is 228 g/mol. The lowest BCUT2D eigenvalue weighted by molar-refractivity contribution is 0.0812. The highest BCUT2D eigenvalue weighted by Gasteiger charge is 2.20. The monoisotopic (exact) mass is 228 g/mol. The Morgan fingerprint density at radius 1 is 0.812 bits per heavy atom. The van der Waals surface area contributed by atoms with E-state index in [0.29, 0.717) is 0 Å². The summed E-state index contributed by atoms with van der Waals surface area (Å²) in [7, 11) is 0. The fraction of sp³-hybridized carbons (Fsp3) is 0.857. The van der Waals surface area contributed by atoms with Gasteiger partial charge in [0.05, 0.1) is 11.2 Å². The van der Waals surface area contributed by atoms with E-state index in [1.54, 1.807) is 26.0 Å². The van der Waals surface area contributed by atoms with Gasteiger partial charge in [-0.15, -0.1) is 0 Å². The lowest BCUT2D eigenvalue weighted by Crippen LogP contribution is -2.25. The van der Waals surface area contributed by atoms with E-state index >= 15 is 0 Å². The summed E-state index contributed by atoms with van der Waals surface area (Å²) in [5, 5.41) is 20.1. The highest BCUT2D eigenvalue weighted by atomic mass is 16.3. The van der Waals surface area contributed by atoms with Crippen molar-refractivity contribution in [2.45, 2.75) is 77.4 Å². The minimum absolute atomic E-state index is 0.754. The standard InChI is InChI=1S/C14H28O2/c1-5-7-9-13(3,15)11-12-14(4,16)10-8-6-2/h11-12,15-16H,5-10H2,1-4H3. The van der Waals surface area contributed by atoms with Gasteiger partial charge in [0.25, 0.3) is 0 Å². The molecule has 0 aromatic carbocycles. The van der Waals surface area contributed by atoms with Crippen molar-refractivity contribution in [1.29, 1.82) is 0 Å². The number of aliphatic hydroxyl groups is 2. The van der Waals surface area contributed by atoms with Crippen LogP contribution in [0.2, 0.25) is 0 Å². The Kier molecular flexibility index (Phi) is 6.93. The van der Waals surface area contributed by atoms with Gasteiger partial charge in [0.2, 0.25) is 0 Å². The lowest BCUT2D eigenvalue weighted by Gasteiger charge is -2.23. The SMILES string of the molecule is CCCCC(C)(O)C=CC(C)(O)CCCC. The van der Waals surface area contributed by atoms with Crippen molar-refractivity contribution in [1.82, 2.24) is 0 Å². The molecule has 0 aromatic rings. The molecule has 0 saturated heterocycles. The number of rotatable bonds is 8. The molecule has 0 heterocycles. The molecule has 0 spiro atoms. The van der Waals surface area contributed by atoms with Gasteiger partial charge in [-0.2, -0.15) is 0 Å². The first-order valence-electron chi connectivity index (χ1n) is 6.48. The van der Waals surface area contributed by atoms with Crippen molar-refractivity contribution in [2.75, 3.05) is 0 Å². The molecule has 0 fully saturated rings. The molecule has 0 bridgehead atoms. The molecule has 2 nitrogen and oxygen atoms in total. The van der Waals surface area contributed by atoms with E-state index in [2.05, 4.69) is 13.8 Å².